The molecule has 1 aromatic heterocycles. The summed E-state index contributed by atoms with van der Waals surface area (Å²) >= 11 is 0. The average Bonchev–Trinajstić information content (AvgIpc) is 2.55. The maximum Gasteiger partial charge on any atom is 0.228 e. The predicted octanol–water partition coefficient (Wildman–Crippen LogP) is 4.55. The lowest BCUT2D eigenvalue weighted by atomic mass is 10.1. The van der Waals surface area contributed by atoms with Crippen molar-refractivity contribution in [3.05, 3.63) is 47.8 Å². The van der Waals surface area contributed by atoms with Crippen LogP contribution in [0.4, 0.5) is 5.82 Å². The maximum atomic E-state index is 12.1. The van der Waals surface area contributed by atoms with Crippen molar-refractivity contribution >= 4 is 17.8 Å². The lowest BCUT2D eigenvalue weighted by molar-refractivity contribution is -0.119. The first-order valence-electron chi connectivity index (χ1n) is 7.89. The molecule has 1 atom stereocenters. The molecule has 1 unspecified atom stereocenters. The number of hydrogen-bond donors (Lipinski definition) is 1. The van der Waals surface area contributed by atoms with Gasteiger partial charge in [0.15, 0.2) is 5.82 Å². The summed E-state index contributed by atoms with van der Waals surface area (Å²) in [5.41, 5.74) is 3.58. The molecule has 2 rings (SSSR count). The fraction of sp³-hybridized carbons (Fsp3) is 0.316. The van der Waals surface area contributed by atoms with Crippen LogP contribution in [-0.4, -0.2) is 15.9 Å². The third-order valence-electron chi connectivity index (χ3n) is 3.60. The number of rotatable bonds is 5. The Kier molecular flexibility index (Phi) is 5.63. The van der Waals surface area contributed by atoms with E-state index in [9.17, 15) is 4.79 Å². The second-order valence-electron chi connectivity index (χ2n) is 5.88. The zero-order chi connectivity index (χ0) is 16.8. The largest absolute Gasteiger partial charge is 0.309 e. The maximum absolute atomic E-state index is 12.1. The van der Waals surface area contributed by atoms with Crippen molar-refractivity contribution in [1.29, 1.82) is 0 Å². The lowest BCUT2D eigenvalue weighted by Crippen LogP contribution is -2.21. The number of nitrogens with zero attached hydrogens (tertiary/aromatic N) is 2. The zero-order valence-electron chi connectivity index (χ0n) is 14.1. The molecule has 23 heavy (non-hydrogen) atoms. The van der Waals surface area contributed by atoms with Crippen molar-refractivity contribution in [3.8, 4) is 11.3 Å². The van der Waals surface area contributed by atoms with E-state index in [1.807, 2.05) is 64.1 Å². The van der Waals surface area contributed by atoms with Gasteiger partial charge in [-0.25, -0.2) is 9.97 Å². The van der Waals surface area contributed by atoms with Gasteiger partial charge in [0.1, 0.15) is 5.69 Å². The molecule has 0 saturated heterocycles. The molecule has 1 aromatic carbocycles. The highest BCUT2D eigenvalue weighted by molar-refractivity contribution is 5.93. The van der Waals surface area contributed by atoms with Crippen LogP contribution in [0.2, 0.25) is 0 Å². The molecule has 120 valence electrons. The van der Waals surface area contributed by atoms with Gasteiger partial charge in [-0.3, -0.25) is 4.79 Å². The molecule has 0 aliphatic rings. The number of aromatic nitrogens is 2. The summed E-state index contributed by atoms with van der Waals surface area (Å²) in [5, 5.41) is 2.89. The van der Waals surface area contributed by atoms with Crippen molar-refractivity contribution in [2.45, 2.75) is 34.1 Å². The monoisotopic (exact) mass is 309 g/mol. The van der Waals surface area contributed by atoms with Crippen LogP contribution < -0.4 is 5.32 Å². The number of amides is 1. The minimum atomic E-state index is -0.0508. The summed E-state index contributed by atoms with van der Waals surface area (Å²) in [6.45, 7) is 7.89. The summed E-state index contributed by atoms with van der Waals surface area (Å²) in [4.78, 5) is 21.2. The van der Waals surface area contributed by atoms with Crippen LogP contribution >= 0.6 is 0 Å². The Balaban J connectivity index is 2.39. The number of benzene rings is 1. The van der Waals surface area contributed by atoms with E-state index in [0.29, 0.717) is 11.5 Å². The van der Waals surface area contributed by atoms with Crippen LogP contribution in [0.15, 0.2) is 42.1 Å². The number of carbonyl (C=O) groups excluding carboxylic acids is 1. The summed E-state index contributed by atoms with van der Waals surface area (Å²) < 4.78 is 0. The van der Waals surface area contributed by atoms with Crippen LogP contribution in [-0.2, 0) is 4.79 Å². The van der Waals surface area contributed by atoms with Gasteiger partial charge in [-0.2, -0.15) is 0 Å². The van der Waals surface area contributed by atoms with Crippen molar-refractivity contribution in [2.24, 2.45) is 5.92 Å². The summed E-state index contributed by atoms with van der Waals surface area (Å²) in [6.07, 6.45) is 4.43. The van der Waals surface area contributed by atoms with Crippen molar-refractivity contribution < 1.29 is 4.79 Å². The number of nitrogens with one attached hydrogen (secondary N) is 1. The van der Waals surface area contributed by atoms with Crippen LogP contribution in [0.5, 0.6) is 0 Å². The van der Waals surface area contributed by atoms with E-state index in [2.05, 4.69) is 15.3 Å². The van der Waals surface area contributed by atoms with E-state index >= 15 is 0 Å². The van der Waals surface area contributed by atoms with Gasteiger partial charge < -0.3 is 5.32 Å². The lowest BCUT2D eigenvalue weighted by Gasteiger charge is -2.12. The zero-order valence-corrected chi connectivity index (χ0v) is 14.1. The highest BCUT2D eigenvalue weighted by atomic mass is 16.1. The fourth-order valence-corrected chi connectivity index (χ4v) is 2.05. The van der Waals surface area contributed by atoms with Gasteiger partial charge in [0.05, 0.1) is 11.9 Å². The quantitative estimate of drug-likeness (QED) is 0.881. The smallest absolute Gasteiger partial charge is 0.228 e. The van der Waals surface area contributed by atoms with Gasteiger partial charge in [-0.15, -0.1) is 0 Å². The third-order valence-corrected chi connectivity index (χ3v) is 3.60. The molecule has 1 heterocycles. The standard InChI is InChI=1S/C19H23N3O/c1-5-14(4)19(23)22-18-16(11-13(2)3)21-17(12-20-18)15-9-7-6-8-10-15/h6-12,14H,5H2,1-4H3,(H,20,22,23). The molecule has 2 aromatic rings. The predicted molar refractivity (Wildman–Crippen MR) is 94.9 cm³/mol. The Bertz CT molecular complexity index is 704. The number of carbonyl (C=O) groups is 1. The van der Waals surface area contributed by atoms with Gasteiger partial charge in [-0.05, 0) is 26.3 Å². The van der Waals surface area contributed by atoms with Crippen molar-refractivity contribution in [1.82, 2.24) is 9.97 Å². The van der Waals surface area contributed by atoms with Gasteiger partial charge in [-0.1, -0.05) is 49.8 Å². The van der Waals surface area contributed by atoms with Crippen LogP contribution in [0.3, 0.4) is 0 Å². The molecule has 0 bridgehead atoms. The first-order valence-corrected chi connectivity index (χ1v) is 7.89. The summed E-state index contributed by atoms with van der Waals surface area (Å²) in [7, 11) is 0. The van der Waals surface area contributed by atoms with Gasteiger partial charge in [0.2, 0.25) is 5.91 Å². The average molecular weight is 309 g/mol. The minimum Gasteiger partial charge on any atom is -0.309 e. The van der Waals surface area contributed by atoms with Gasteiger partial charge >= 0.3 is 0 Å². The number of anilines is 1. The van der Waals surface area contributed by atoms with Gasteiger partial charge in [0, 0.05) is 11.5 Å². The fourth-order valence-electron chi connectivity index (χ4n) is 2.05. The van der Waals surface area contributed by atoms with Gasteiger partial charge in [0.25, 0.3) is 0 Å². The van der Waals surface area contributed by atoms with E-state index in [0.717, 1.165) is 23.3 Å². The molecule has 4 heteroatoms. The van der Waals surface area contributed by atoms with Crippen molar-refractivity contribution in [3.63, 3.8) is 0 Å². The number of allylic oxidation sites excluding steroid dienone is 1. The second kappa shape index (κ2) is 7.68. The first-order chi connectivity index (χ1) is 11.0. The van der Waals surface area contributed by atoms with E-state index in [-0.39, 0.29) is 11.8 Å². The highest BCUT2D eigenvalue weighted by Crippen LogP contribution is 2.21. The van der Waals surface area contributed by atoms with Crippen LogP contribution in [0.1, 0.15) is 39.8 Å². The topological polar surface area (TPSA) is 54.9 Å². The molecule has 1 amide bonds. The van der Waals surface area contributed by atoms with E-state index in [1.165, 1.54) is 0 Å². The van der Waals surface area contributed by atoms with Crippen LogP contribution in [0, 0.1) is 5.92 Å². The SMILES string of the molecule is CCC(C)C(=O)Nc1ncc(-c2ccccc2)nc1C=C(C)C. The number of hydrogen-bond acceptors (Lipinski definition) is 3. The summed E-state index contributed by atoms with van der Waals surface area (Å²) in [5.74, 6) is 0.430. The Labute approximate surface area is 137 Å². The molecular weight excluding hydrogens is 286 g/mol. The molecule has 0 aliphatic carbocycles. The Morgan fingerprint density at radius 3 is 2.57 bits per heavy atom. The molecule has 0 saturated carbocycles. The molecule has 0 radical (unpaired) electrons. The Morgan fingerprint density at radius 2 is 1.96 bits per heavy atom. The molecular formula is C19H23N3O. The molecule has 1 N–H and O–H groups in total. The molecule has 4 nitrogen and oxygen atoms in total. The molecule has 0 aliphatic heterocycles. The van der Waals surface area contributed by atoms with Crippen molar-refractivity contribution in [2.75, 3.05) is 5.32 Å². The Morgan fingerprint density at radius 1 is 1.26 bits per heavy atom. The van der Waals surface area contributed by atoms with E-state index in [4.69, 9.17) is 0 Å². The Hall–Kier alpha value is -2.49. The third kappa shape index (κ3) is 4.49. The minimum absolute atomic E-state index is 0.0299. The van der Waals surface area contributed by atoms with E-state index in [1.54, 1.807) is 6.20 Å². The molecule has 0 spiro atoms. The normalized spacial score (nSPS) is 11.7. The van der Waals surface area contributed by atoms with Crippen LogP contribution in [0.25, 0.3) is 17.3 Å². The second-order valence-corrected chi connectivity index (χ2v) is 5.88. The highest BCUT2D eigenvalue weighted by Gasteiger charge is 2.14. The van der Waals surface area contributed by atoms with E-state index < -0.39 is 0 Å². The summed E-state index contributed by atoms with van der Waals surface area (Å²) in [6, 6.07) is 9.89. The molecule has 0 fully saturated rings. The first kappa shape index (κ1) is 16.9.